The number of alkyl halides is 3. The van der Waals surface area contributed by atoms with Crippen LogP contribution >= 0.6 is 0 Å². The minimum atomic E-state index is -4.16. The van der Waals surface area contributed by atoms with Crippen LogP contribution in [0.2, 0.25) is 0 Å². The highest BCUT2D eigenvalue weighted by molar-refractivity contribution is 4.78. The molecule has 0 spiro atoms. The van der Waals surface area contributed by atoms with Crippen molar-refractivity contribution >= 4 is 0 Å². The molecule has 0 aromatic rings. The van der Waals surface area contributed by atoms with Gasteiger partial charge in [0.25, 0.3) is 0 Å². The fraction of sp³-hybridized carbons (Fsp3) is 1.00. The predicted molar refractivity (Wildman–Crippen MR) is 58.1 cm³/mol. The van der Waals surface area contributed by atoms with Crippen LogP contribution in [0.15, 0.2) is 0 Å². The maximum atomic E-state index is 12.5. The predicted octanol–water partition coefficient (Wildman–Crippen LogP) is 2.25. The van der Waals surface area contributed by atoms with Crippen molar-refractivity contribution in [2.24, 2.45) is 17.6 Å². The molecular formula is C11H21F3N2. The third-order valence-electron chi connectivity index (χ3n) is 3.41. The molecule has 16 heavy (non-hydrogen) atoms. The van der Waals surface area contributed by atoms with Crippen molar-refractivity contribution in [3.8, 4) is 0 Å². The Morgan fingerprint density at radius 2 is 2.12 bits per heavy atom. The molecular weight excluding hydrogens is 217 g/mol. The van der Waals surface area contributed by atoms with Crippen LogP contribution in [0, 0.1) is 11.8 Å². The largest absolute Gasteiger partial charge is 0.394 e. The van der Waals surface area contributed by atoms with E-state index >= 15 is 0 Å². The Morgan fingerprint density at radius 1 is 1.44 bits per heavy atom. The monoisotopic (exact) mass is 238 g/mol. The van der Waals surface area contributed by atoms with E-state index in [-0.39, 0.29) is 13.1 Å². The molecule has 0 bridgehead atoms. The number of hydrogen-bond acceptors (Lipinski definition) is 2. The molecule has 2 unspecified atom stereocenters. The van der Waals surface area contributed by atoms with E-state index in [2.05, 4.69) is 6.92 Å². The Morgan fingerprint density at radius 3 is 2.62 bits per heavy atom. The average molecular weight is 238 g/mol. The number of hydrogen-bond donors (Lipinski definition) is 1. The summed E-state index contributed by atoms with van der Waals surface area (Å²) >= 11 is 0. The number of likely N-dealkylation sites (tertiary alicyclic amines) is 1. The SMILES string of the molecule is CCC1CCCN(CC(CN)C(F)(F)F)C1. The zero-order valence-electron chi connectivity index (χ0n) is 9.76. The molecule has 0 saturated carbocycles. The van der Waals surface area contributed by atoms with E-state index in [4.69, 9.17) is 5.73 Å². The van der Waals surface area contributed by atoms with Crippen LogP contribution < -0.4 is 5.73 Å². The van der Waals surface area contributed by atoms with Gasteiger partial charge in [-0.25, -0.2) is 0 Å². The van der Waals surface area contributed by atoms with Gasteiger partial charge in [0.15, 0.2) is 0 Å². The standard InChI is InChI=1S/C11H21F3N2/c1-2-9-4-3-5-16(7-9)8-10(6-15)11(12,13)14/h9-10H,2-8,15H2,1H3. The van der Waals surface area contributed by atoms with Crippen LogP contribution in [0.25, 0.3) is 0 Å². The second kappa shape index (κ2) is 5.87. The molecule has 0 aliphatic carbocycles. The second-order valence-electron chi connectivity index (χ2n) is 4.65. The van der Waals surface area contributed by atoms with Gasteiger partial charge in [0.1, 0.15) is 0 Å². The molecule has 0 aromatic carbocycles. The van der Waals surface area contributed by atoms with E-state index in [1.807, 2.05) is 4.90 Å². The topological polar surface area (TPSA) is 29.3 Å². The van der Waals surface area contributed by atoms with E-state index in [1.165, 1.54) is 0 Å². The molecule has 1 saturated heterocycles. The van der Waals surface area contributed by atoms with Gasteiger partial charge in [0.05, 0.1) is 5.92 Å². The summed E-state index contributed by atoms with van der Waals surface area (Å²) in [5.74, 6) is -0.816. The molecule has 5 heteroatoms. The number of rotatable bonds is 4. The van der Waals surface area contributed by atoms with Crippen LogP contribution in [-0.2, 0) is 0 Å². The first-order valence-electron chi connectivity index (χ1n) is 5.96. The summed E-state index contributed by atoms with van der Waals surface area (Å²) in [6.45, 7) is 3.43. The van der Waals surface area contributed by atoms with Gasteiger partial charge in [0.2, 0.25) is 0 Å². The Hall–Kier alpha value is -0.290. The van der Waals surface area contributed by atoms with Crippen molar-refractivity contribution in [3.63, 3.8) is 0 Å². The Bertz CT molecular complexity index is 206. The molecule has 1 aliphatic heterocycles. The van der Waals surface area contributed by atoms with E-state index in [9.17, 15) is 13.2 Å². The lowest BCUT2D eigenvalue weighted by Crippen LogP contribution is -2.44. The third kappa shape index (κ3) is 3.94. The van der Waals surface area contributed by atoms with Crippen LogP contribution in [0.1, 0.15) is 26.2 Å². The van der Waals surface area contributed by atoms with Gasteiger partial charge in [0, 0.05) is 19.6 Å². The molecule has 2 nitrogen and oxygen atoms in total. The maximum Gasteiger partial charge on any atom is 0.394 e. The summed E-state index contributed by atoms with van der Waals surface area (Å²) < 4.78 is 37.6. The highest BCUT2D eigenvalue weighted by Crippen LogP contribution is 2.28. The van der Waals surface area contributed by atoms with Crippen LogP contribution in [0.4, 0.5) is 13.2 Å². The number of piperidine rings is 1. The highest BCUT2D eigenvalue weighted by Gasteiger charge is 2.39. The smallest absolute Gasteiger partial charge is 0.330 e. The Balaban J connectivity index is 2.45. The van der Waals surface area contributed by atoms with Gasteiger partial charge in [-0.3, -0.25) is 0 Å². The van der Waals surface area contributed by atoms with Crippen molar-refractivity contribution < 1.29 is 13.2 Å². The number of nitrogens with two attached hydrogens (primary N) is 1. The summed E-state index contributed by atoms with van der Waals surface area (Å²) in [4.78, 5) is 1.92. The van der Waals surface area contributed by atoms with Crippen molar-refractivity contribution in [1.29, 1.82) is 0 Å². The minimum Gasteiger partial charge on any atom is -0.330 e. The zero-order chi connectivity index (χ0) is 12.2. The van der Waals surface area contributed by atoms with Crippen molar-refractivity contribution in [2.45, 2.75) is 32.4 Å². The first-order chi connectivity index (χ1) is 7.47. The van der Waals surface area contributed by atoms with Crippen molar-refractivity contribution in [1.82, 2.24) is 4.90 Å². The third-order valence-corrected chi connectivity index (χ3v) is 3.41. The lowest BCUT2D eigenvalue weighted by atomic mass is 9.94. The fourth-order valence-corrected chi connectivity index (χ4v) is 2.27. The maximum absolute atomic E-state index is 12.5. The molecule has 2 N–H and O–H groups in total. The summed E-state index contributed by atoms with van der Waals surface area (Å²) in [7, 11) is 0. The van der Waals surface area contributed by atoms with E-state index in [0.29, 0.717) is 5.92 Å². The van der Waals surface area contributed by atoms with Gasteiger partial charge in [-0.1, -0.05) is 13.3 Å². The van der Waals surface area contributed by atoms with Crippen molar-refractivity contribution in [3.05, 3.63) is 0 Å². The first kappa shape index (κ1) is 13.8. The van der Waals surface area contributed by atoms with Crippen molar-refractivity contribution in [2.75, 3.05) is 26.2 Å². The lowest BCUT2D eigenvalue weighted by Gasteiger charge is -2.34. The van der Waals surface area contributed by atoms with Crippen LogP contribution in [0.3, 0.4) is 0 Å². The van der Waals surface area contributed by atoms with E-state index < -0.39 is 12.1 Å². The van der Waals surface area contributed by atoms with Gasteiger partial charge < -0.3 is 10.6 Å². The van der Waals surface area contributed by atoms with Gasteiger partial charge in [-0.05, 0) is 25.3 Å². The summed E-state index contributed by atoms with van der Waals surface area (Å²) in [6.07, 6.45) is -0.955. The summed E-state index contributed by atoms with van der Waals surface area (Å²) in [5.41, 5.74) is 5.20. The van der Waals surface area contributed by atoms with Crippen LogP contribution in [0.5, 0.6) is 0 Å². The Kier molecular flexibility index (Phi) is 5.05. The molecule has 0 amide bonds. The van der Waals surface area contributed by atoms with Gasteiger partial charge >= 0.3 is 6.18 Å². The fourth-order valence-electron chi connectivity index (χ4n) is 2.27. The quantitative estimate of drug-likeness (QED) is 0.814. The molecule has 96 valence electrons. The molecule has 1 heterocycles. The van der Waals surface area contributed by atoms with E-state index in [1.54, 1.807) is 0 Å². The van der Waals surface area contributed by atoms with Gasteiger partial charge in [-0.15, -0.1) is 0 Å². The zero-order valence-corrected chi connectivity index (χ0v) is 9.76. The normalized spacial score (nSPS) is 25.7. The molecule has 1 fully saturated rings. The first-order valence-corrected chi connectivity index (χ1v) is 5.96. The Labute approximate surface area is 95.0 Å². The molecule has 1 rings (SSSR count). The second-order valence-corrected chi connectivity index (χ2v) is 4.65. The molecule has 0 radical (unpaired) electrons. The molecule has 0 aromatic heterocycles. The summed E-state index contributed by atoms with van der Waals surface area (Å²) in [6, 6.07) is 0. The number of halogens is 3. The molecule has 1 aliphatic rings. The molecule has 2 atom stereocenters. The minimum absolute atomic E-state index is 0.0660. The highest BCUT2D eigenvalue weighted by atomic mass is 19.4. The number of nitrogens with zero attached hydrogens (tertiary/aromatic N) is 1. The van der Waals surface area contributed by atoms with Gasteiger partial charge in [-0.2, -0.15) is 13.2 Å². The van der Waals surface area contributed by atoms with E-state index in [0.717, 1.165) is 32.4 Å². The average Bonchev–Trinajstić information content (AvgIpc) is 2.24. The lowest BCUT2D eigenvalue weighted by molar-refractivity contribution is -0.177. The van der Waals surface area contributed by atoms with Crippen LogP contribution in [-0.4, -0.2) is 37.3 Å². The summed E-state index contributed by atoms with van der Waals surface area (Å²) in [5, 5.41) is 0.